The topological polar surface area (TPSA) is 15.4 Å². The van der Waals surface area contributed by atoms with Gasteiger partial charge in [-0.1, -0.05) is 126 Å². The van der Waals surface area contributed by atoms with Crippen molar-refractivity contribution in [3.05, 3.63) is 94.2 Å². The van der Waals surface area contributed by atoms with Gasteiger partial charge in [0, 0.05) is 13.0 Å². The van der Waals surface area contributed by atoms with Gasteiger partial charge in [-0.3, -0.25) is 0 Å². The zero-order valence-corrected chi connectivity index (χ0v) is 28.4. The molecule has 0 atom stereocenters. The number of aryl methyl sites for hydroxylation is 3. The second-order valence-electron chi connectivity index (χ2n) is 12.5. The van der Waals surface area contributed by atoms with Crippen LogP contribution in [0.5, 0.6) is 0 Å². The van der Waals surface area contributed by atoms with Crippen LogP contribution in [-0.4, -0.2) is 11.7 Å². The van der Waals surface area contributed by atoms with E-state index in [1.807, 2.05) is 4.70 Å². The Balaban J connectivity index is 1.85. The van der Waals surface area contributed by atoms with Crippen molar-refractivity contribution in [1.82, 2.24) is 0 Å². The minimum atomic E-state index is 1.05. The number of azo groups is 2. The average Bonchev–Trinajstić information content (AvgIpc) is 3.01. The molecule has 2 heteroatoms. The summed E-state index contributed by atoms with van der Waals surface area (Å²) in [5, 5.41) is 5.04. The molecule has 3 rings (SSSR count). The van der Waals surface area contributed by atoms with E-state index in [0.29, 0.717) is 0 Å². The molecule has 0 heterocycles. The second kappa shape index (κ2) is 19.3. The Kier molecular flexibility index (Phi) is 15.5. The molecular formula is C41H59N2+. The third-order valence-corrected chi connectivity index (χ3v) is 8.80. The summed E-state index contributed by atoms with van der Waals surface area (Å²) in [7, 11) is 2.08. The van der Waals surface area contributed by atoms with Gasteiger partial charge in [0.2, 0.25) is 5.70 Å². The van der Waals surface area contributed by atoms with Crippen LogP contribution in [-0.2, 0) is 19.3 Å². The highest BCUT2D eigenvalue weighted by Gasteiger charge is 2.13. The first-order valence-corrected chi connectivity index (χ1v) is 17.4. The molecule has 0 radical (unpaired) electrons. The van der Waals surface area contributed by atoms with Crippen LogP contribution in [0, 0.1) is 6.92 Å². The smallest absolute Gasteiger partial charge is 0.0909 e. The molecule has 0 unspecified atom stereocenters. The van der Waals surface area contributed by atoms with E-state index < -0.39 is 0 Å². The summed E-state index contributed by atoms with van der Waals surface area (Å²) in [4.78, 5) is 0. The van der Waals surface area contributed by atoms with Crippen LogP contribution in [0.4, 0.5) is 5.69 Å². The van der Waals surface area contributed by atoms with Gasteiger partial charge in [0.1, 0.15) is 5.69 Å². The highest BCUT2D eigenvalue weighted by Crippen LogP contribution is 2.31. The first-order chi connectivity index (χ1) is 21.0. The van der Waals surface area contributed by atoms with Crippen molar-refractivity contribution < 1.29 is 4.70 Å². The molecule has 0 aliphatic heterocycles. The lowest BCUT2D eigenvalue weighted by Gasteiger charge is -2.15. The van der Waals surface area contributed by atoms with Gasteiger partial charge in [-0.2, -0.15) is 0 Å². The van der Waals surface area contributed by atoms with Crippen molar-refractivity contribution in [2.45, 2.75) is 131 Å². The molecule has 0 aliphatic carbocycles. The summed E-state index contributed by atoms with van der Waals surface area (Å²) in [6.45, 7) is 11.3. The van der Waals surface area contributed by atoms with Gasteiger partial charge in [0.25, 0.3) is 0 Å². The van der Waals surface area contributed by atoms with Crippen molar-refractivity contribution in [2.24, 2.45) is 5.11 Å². The largest absolute Gasteiger partial charge is 0.205 e. The molecule has 3 aromatic carbocycles. The quantitative estimate of drug-likeness (QED) is 0.0762. The van der Waals surface area contributed by atoms with E-state index in [4.69, 9.17) is 5.11 Å². The van der Waals surface area contributed by atoms with E-state index in [1.165, 1.54) is 122 Å². The summed E-state index contributed by atoms with van der Waals surface area (Å²) < 4.78 is 2.05. The van der Waals surface area contributed by atoms with Crippen molar-refractivity contribution in [2.75, 3.05) is 7.05 Å². The minimum Gasteiger partial charge on any atom is -0.0909 e. The van der Waals surface area contributed by atoms with E-state index in [2.05, 4.69) is 108 Å². The summed E-state index contributed by atoms with van der Waals surface area (Å²) in [5.41, 5.74) is 12.0. The number of unbranched alkanes of at least 4 members (excludes halogenated alkanes) is 9. The van der Waals surface area contributed by atoms with Crippen LogP contribution in [0.1, 0.15) is 133 Å². The molecule has 2 nitrogen and oxygen atoms in total. The Morgan fingerprint density at radius 1 is 0.674 bits per heavy atom. The van der Waals surface area contributed by atoms with Gasteiger partial charge < -0.3 is 0 Å². The molecule has 0 aromatic heterocycles. The Morgan fingerprint density at radius 3 is 2.02 bits per heavy atom. The van der Waals surface area contributed by atoms with Crippen LogP contribution in [0.25, 0.3) is 17.2 Å². The summed E-state index contributed by atoms with van der Waals surface area (Å²) in [6, 6.07) is 22.6. The first kappa shape index (κ1) is 34.5. The normalized spacial score (nSPS) is 12.2. The lowest BCUT2D eigenvalue weighted by Crippen LogP contribution is -2.01. The van der Waals surface area contributed by atoms with E-state index in [1.54, 1.807) is 0 Å². The predicted molar refractivity (Wildman–Crippen MR) is 189 cm³/mol. The van der Waals surface area contributed by atoms with E-state index >= 15 is 0 Å². The molecule has 0 N–H and O–H groups in total. The zero-order chi connectivity index (χ0) is 30.9. The fourth-order valence-electron chi connectivity index (χ4n) is 6.06. The van der Waals surface area contributed by atoms with Gasteiger partial charge in [-0.05, 0) is 108 Å². The number of nitrogens with zero attached hydrogens (tertiary/aromatic N) is 2. The molecule has 232 valence electrons. The molecule has 0 fully saturated rings. The van der Waals surface area contributed by atoms with E-state index in [-0.39, 0.29) is 0 Å². The SMILES string of the molecule is CCCCCCCCc1c(C)cc(C=C(C)[N+](C)=Nc2ccc(CCCC)c(CCCCCC)c2)cc1-c1ccccc1. The molecule has 0 amide bonds. The number of hydrogen-bond donors (Lipinski definition) is 0. The molecule has 43 heavy (non-hydrogen) atoms. The summed E-state index contributed by atoms with van der Waals surface area (Å²) >= 11 is 0. The maximum Gasteiger partial charge on any atom is 0.205 e. The molecule has 0 spiro atoms. The van der Waals surface area contributed by atoms with Crippen LogP contribution in [0.2, 0.25) is 0 Å². The van der Waals surface area contributed by atoms with Crippen LogP contribution in [0.3, 0.4) is 0 Å². The van der Waals surface area contributed by atoms with Crippen molar-refractivity contribution in [3.8, 4) is 11.1 Å². The fourth-order valence-corrected chi connectivity index (χ4v) is 6.06. The molecule has 0 saturated heterocycles. The average molecular weight is 580 g/mol. The molecule has 0 bridgehead atoms. The Labute approximate surface area is 264 Å². The van der Waals surface area contributed by atoms with Crippen LogP contribution >= 0.6 is 0 Å². The minimum absolute atomic E-state index is 1.05. The van der Waals surface area contributed by atoms with Crippen LogP contribution < -0.4 is 0 Å². The van der Waals surface area contributed by atoms with Crippen molar-refractivity contribution in [1.29, 1.82) is 0 Å². The van der Waals surface area contributed by atoms with Gasteiger partial charge in [-0.25, -0.2) is 0 Å². The maximum absolute atomic E-state index is 5.04. The lowest BCUT2D eigenvalue weighted by atomic mass is 9.90. The number of benzene rings is 3. The maximum atomic E-state index is 5.04. The number of allylic oxidation sites excluding steroid dienone is 1. The fraction of sp³-hybridized carbons (Fsp3) is 0.512. The van der Waals surface area contributed by atoms with Crippen LogP contribution in [0.15, 0.2) is 71.5 Å². The standard InChI is InChI=1S/C41H59N2/c1-7-10-13-15-16-21-26-40-33(4)29-35(31-41(40)37-23-19-17-20-24-37)30-34(5)43(6)42-39-28-27-36(22-12-9-3)38(32-39)25-18-14-11-8-2/h17,19-20,23-24,27-32H,7-16,18,21-22,25-26H2,1-6H3/q+1. The van der Waals surface area contributed by atoms with Crippen molar-refractivity contribution in [3.63, 3.8) is 0 Å². The predicted octanol–water partition coefficient (Wildman–Crippen LogP) is 12.8. The van der Waals surface area contributed by atoms with E-state index in [0.717, 1.165) is 24.2 Å². The van der Waals surface area contributed by atoms with E-state index in [9.17, 15) is 0 Å². The number of rotatable bonds is 19. The monoisotopic (exact) mass is 579 g/mol. The van der Waals surface area contributed by atoms with Gasteiger partial charge >= 0.3 is 0 Å². The highest BCUT2D eigenvalue weighted by atomic mass is 15.2. The molecule has 0 saturated carbocycles. The zero-order valence-electron chi connectivity index (χ0n) is 28.4. The molecule has 3 aromatic rings. The Morgan fingerprint density at radius 2 is 1.30 bits per heavy atom. The lowest BCUT2D eigenvalue weighted by molar-refractivity contribution is -0.510. The Bertz CT molecular complexity index is 1300. The molecular weight excluding hydrogens is 520 g/mol. The third kappa shape index (κ3) is 11.5. The Hall–Kier alpha value is -3.00. The highest BCUT2D eigenvalue weighted by molar-refractivity contribution is 5.72. The summed E-state index contributed by atoms with van der Waals surface area (Å²) in [6.07, 6.45) is 21.4. The molecule has 0 aliphatic rings. The second-order valence-corrected chi connectivity index (χ2v) is 12.5. The third-order valence-electron chi connectivity index (χ3n) is 8.80. The summed E-state index contributed by atoms with van der Waals surface area (Å²) in [5.74, 6) is 0. The number of hydrogen-bond acceptors (Lipinski definition) is 1. The van der Waals surface area contributed by atoms with Gasteiger partial charge in [0.05, 0.1) is 0 Å². The van der Waals surface area contributed by atoms with Gasteiger partial charge in [-0.15, -0.1) is 0 Å². The van der Waals surface area contributed by atoms with Gasteiger partial charge in [0.15, 0.2) is 7.05 Å². The first-order valence-electron chi connectivity index (χ1n) is 17.4. The van der Waals surface area contributed by atoms with Crippen molar-refractivity contribution >= 4 is 11.8 Å².